The molecule has 9 heteroatoms. The zero-order chi connectivity index (χ0) is 12.6. The second kappa shape index (κ2) is 3.87. The normalized spacial score (nSPS) is 12.9. The highest BCUT2D eigenvalue weighted by Gasteiger charge is 2.36. The van der Waals surface area contributed by atoms with Gasteiger partial charge in [-0.3, -0.25) is 4.68 Å². The third-order valence-electron chi connectivity index (χ3n) is 1.53. The minimum Gasteiger partial charge on any atom is -0.467 e. The van der Waals surface area contributed by atoms with Crippen LogP contribution in [0.25, 0.3) is 0 Å². The third-order valence-corrected chi connectivity index (χ3v) is 1.53. The molecule has 0 spiro atoms. The van der Waals surface area contributed by atoms with Crippen molar-refractivity contribution in [1.29, 1.82) is 0 Å². The van der Waals surface area contributed by atoms with Gasteiger partial charge in [-0.25, -0.2) is 0 Å². The van der Waals surface area contributed by atoms with E-state index in [-0.39, 0.29) is 0 Å². The monoisotopic (exact) mass is 248 g/mol. The Morgan fingerprint density at radius 2 is 1.81 bits per heavy atom. The highest BCUT2D eigenvalue weighted by atomic mass is 19.4. The van der Waals surface area contributed by atoms with E-state index in [1.807, 2.05) is 0 Å². The first-order valence-electron chi connectivity index (χ1n) is 3.90. The van der Waals surface area contributed by atoms with Crippen molar-refractivity contribution in [1.82, 2.24) is 9.78 Å². The Kier molecular flexibility index (Phi) is 3.06. The highest BCUT2D eigenvalue weighted by molar-refractivity contribution is 5.17. The van der Waals surface area contributed by atoms with Crippen molar-refractivity contribution in [2.45, 2.75) is 12.4 Å². The largest absolute Gasteiger partial charge is 0.467 e. The summed E-state index contributed by atoms with van der Waals surface area (Å²) in [4.78, 5) is 0. The second-order valence-corrected chi connectivity index (χ2v) is 2.89. The van der Waals surface area contributed by atoms with Crippen LogP contribution < -0.4 is 4.74 Å². The number of aryl methyl sites for hydroxylation is 1. The Bertz CT molecular complexity index is 366. The van der Waals surface area contributed by atoms with E-state index in [0.717, 1.165) is 7.05 Å². The van der Waals surface area contributed by atoms with Gasteiger partial charge in [0.25, 0.3) is 0 Å². The lowest BCUT2D eigenvalue weighted by Crippen LogP contribution is -2.19. The standard InChI is InChI=1S/C7H6F6N2O/c1-15-4(7(11,12)13)2-5(14-15)16-3-6(8,9)10/h2H,3H2,1H3. The van der Waals surface area contributed by atoms with Crippen molar-refractivity contribution in [3.63, 3.8) is 0 Å². The smallest absolute Gasteiger partial charge is 0.433 e. The maximum absolute atomic E-state index is 12.2. The molecule has 0 bridgehead atoms. The van der Waals surface area contributed by atoms with Gasteiger partial charge in [-0.05, 0) is 0 Å². The van der Waals surface area contributed by atoms with Gasteiger partial charge in [-0.1, -0.05) is 0 Å². The zero-order valence-electron chi connectivity index (χ0n) is 7.85. The predicted octanol–water partition coefficient (Wildman–Crippen LogP) is 2.38. The van der Waals surface area contributed by atoms with Gasteiger partial charge >= 0.3 is 12.4 Å². The molecule has 0 atom stereocenters. The van der Waals surface area contributed by atoms with Gasteiger partial charge in [0.05, 0.1) is 0 Å². The van der Waals surface area contributed by atoms with Crippen LogP contribution in [-0.4, -0.2) is 22.6 Å². The third kappa shape index (κ3) is 3.31. The Labute approximate surface area is 85.6 Å². The van der Waals surface area contributed by atoms with Crippen LogP contribution in [0.15, 0.2) is 6.07 Å². The van der Waals surface area contributed by atoms with Gasteiger partial charge < -0.3 is 4.74 Å². The summed E-state index contributed by atoms with van der Waals surface area (Å²) < 4.78 is 76.2. The highest BCUT2D eigenvalue weighted by Crippen LogP contribution is 2.31. The molecule has 0 radical (unpaired) electrons. The Morgan fingerprint density at radius 1 is 1.25 bits per heavy atom. The molecule has 16 heavy (non-hydrogen) atoms. The van der Waals surface area contributed by atoms with Gasteiger partial charge in [-0.2, -0.15) is 26.3 Å². The molecule has 0 aromatic carbocycles. The zero-order valence-corrected chi connectivity index (χ0v) is 7.85. The van der Waals surface area contributed by atoms with Crippen LogP contribution in [0.5, 0.6) is 5.88 Å². The average molecular weight is 248 g/mol. The molecule has 1 aromatic rings. The summed E-state index contributed by atoms with van der Waals surface area (Å²) in [5.74, 6) is -0.716. The molecule has 0 N–H and O–H groups in total. The molecule has 0 saturated carbocycles. The van der Waals surface area contributed by atoms with Gasteiger partial charge in [0, 0.05) is 13.1 Å². The molecule has 1 heterocycles. The molecular formula is C7H6F6N2O. The molecule has 0 amide bonds. The average Bonchev–Trinajstić information content (AvgIpc) is 2.41. The summed E-state index contributed by atoms with van der Waals surface area (Å²) >= 11 is 0. The van der Waals surface area contributed by atoms with Crippen LogP contribution in [0.4, 0.5) is 26.3 Å². The van der Waals surface area contributed by atoms with Crippen molar-refractivity contribution in [3.8, 4) is 5.88 Å². The number of halogens is 6. The summed E-state index contributed by atoms with van der Waals surface area (Å²) in [6.07, 6.45) is -9.29. The van der Waals surface area contributed by atoms with Crippen LogP contribution in [-0.2, 0) is 13.2 Å². The van der Waals surface area contributed by atoms with Crippen molar-refractivity contribution < 1.29 is 31.1 Å². The van der Waals surface area contributed by atoms with E-state index >= 15 is 0 Å². The molecule has 0 aliphatic rings. The van der Waals surface area contributed by atoms with E-state index in [2.05, 4.69) is 9.84 Å². The molecule has 0 aliphatic carbocycles. The number of ether oxygens (including phenoxy) is 1. The van der Waals surface area contributed by atoms with E-state index in [0.29, 0.717) is 10.7 Å². The van der Waals surface area contributed by atoms with Crippen LogP contribution in [0, 0.1) is 0 Å². The van der Waals surface area contributed by atoms with Crippen molar-refractivity contribution >= 4 is 0 Å². The van der Waals surface area contributed by atoms with E-state index in [4.69, 9.17) is 0 Å². The fraction of sp³-hybridized carbons (Fsp3) is 0.571. The first kappa shape index (κ1) is 12.7. The van der Waals surface area contributed by atoms with Crippen LogP contribution in [0.1, 0.15) is 5.69 Å². The minimum atomic E-state index is -4.68. The number of nitrogens with zero attached hydrogens (tertiary/aromatic N) is 2. The second-order valence-electron chi connectivity index (χ2n) is 2.89. The molecule has 0 saturated heterocycles. The Hall–Kier alpha value is -1.41. The minimum absolute atomic E-state index is 0.408. The molecular weight excluding hydrogens is 242 g/mol. The maximum atomic E-state index is 12.2. The fourth-order valence-electron chi connectivity index (χ4n) is 0.933. The molecule has 92 valence electrons. The van der Waals surface area contributed by atoms with E-state index < -0.39 is 30.5 Å². The molecule has 0 fully saturated rings. The van der Waals surface area contributed by atoms with Crippen molar-refractivity contribution in [3.05, 3.63) is 11.8 Å². The summed E-state index contributed by atoms with van der Waals surface area (Å²) in [6.45, 7) is -1.68. The lowest BCUT2D eigenvalue weighted by Gasteiger charge is -2.05. The number of aromatic nitrogens is 2. The van der Waals surface area contributed by atoms with Gasteiger partial charge in [0.1, 0.15) is 5.69 Å². The van der Waals surface area contributed by atoms with Gasteiger partial charge in [0.2, 0.25) is 5.88 Å². The molecule has 1 aromatic heterocycles. The lowest BCUT2D eigenvalue weighted by molar-refractivity contribution is -0.154. The summed E-state index contributed by atoms with van der Waals surface area (Å²) in [5, 5.41) is 3.15. The van der Waals surface area contributed by atoms with E-state index in [1.165, 1.54) is 0 Å². The lowest BCUT2D eigenvalue weighted by atomic mass is 10.4. The summed E-state index contributed by atoms with van der Waals surface area (Å²) in [6, 6.07) is 0.408. The van der Waals surface area contributed by atoms with Crippen LogP contribution in [0.3, 0.4) is 0 Å². The van der Waals surface area contributed by atoms with Gasteiger partial charge in [-0.15, -0.1) is 5.10 Å². The van der Waals surface area contributed by atoms with E-state index in [9.17, 15) is 26.3 Å². The van der Waals surface area contributed by atoms with E-state index in [1.54, 1.807) is 0 Å². The van der Waals surface area contributed by atoms with Crippen LogP contribution >= 0.6 is 0 Å². The number of rotatable bonds is 2. The number of hydrogen-bond donors (Lipinski definition) is 0. The summed E-state index contributed by atoms with van der Waals surface area (Å²) in [5.41, 5.74) is -1.18. The van der Waals surface area contributed by atoms with Gasteiger partial charge in [0.15, 0.2) is 6.61 Å². The fourth-order valence-corrected chi connectivity index (χ4v) is 0.933. The van der Waals surface area contributed by atoms with Crippen LogP contribution in [0.2, 0.25) is 0 Å². The van der Waals surface area contributed by atoms with Crippen molar-refractivity contribution in [2.75, 3.05) is 6.61 Å². The first-order chi connectivity index (χ1) is 7.09. The molecule has 0 unspecified atom stereocenters. The number of alkyl halides is 6. The first-order valence-corrected chi connectivity index (χ1v) is 3.90. The quantitative estimate of drug-likeness (QED) is 0.751. The number of hydrogen-bond acceptors (Lipinski definition) is 2. The Morgan fingerprint density at radius 3 is 2.19 bits per heavy atom. The molecule has 3 nitrogen and oxygen atoms in total. The summed E-state index contributed by atoms with van der Waals surface area (Å²) in [7, 11) is 0.962. The topological polar surface area (TPSA) is 27.1 Å². The molecule has 0 aliphatic heterocycles. The Balaban J connectivity index is 2.78. The predicted molar refractivity (Wildman–Crippen MR) is 39.8 cm³/mol. The molecule has 1 rings (SSSR count). The maximum Gasteiger partial charge on any atom is 0.433 e. The van der Waals surface area contributed by atoms with Crippen molar-refractivity contribution in [2.24, 2.45) is 7.05 Å². The SMILES string of the molecule is Cn1nc(OCC(F)(F)F)cc1C(F)(F)F.